The standard InChI is InChI=1S/C27H23N3O6/c1-16(2)25-29-20-7-5-4-6-19(20)26(31)30(25)28-14-17-8-10-22(23(12-17)33-3)36-27(32)18-9-11-21-24(13-18)35-15-34-21/h4-14,16H,15H2,1-3H3. The maximum atomic E-state index is 13.1. The number of para-hydroxylation sites is 1. The van der Waals surface area contributed by atoms with E-state index in [0.717, 1.165) is 0 Å². The first kappa shape index (κ1) is 23.1. The molecule has 0 atom stereocenters. The van der Waals surface area contributed by atoms with E-state index in [1.807, 2.05) is 26.0 Å². The highest BCUT2D eigenvalue weighted by Crippen LogP contribution is 2.34. The van der Waals surface area contributed by atoms with Crippen LogP contribution in [0.2, 0.25) is 0 Å². The van der Waals surface area contributed by atoms with Gasteiger partial charge >= 0.3 is 5.97 Å². The number of benzene rings is 3. The third-order valence-corrected chi connectivity index (χ3v) is 5.62. The van der Waals surface area contributed by atoms with Gasteiger partial charge in [0, 0.05) is 5.92 Å². The van der Waals surface area contributed by atoms with Gasteiger partial charge in [-0.25, -0.2) is 9.78 Å². The van der Waals surface area contributed by atoms with Crippen LogP contribution >= 0.6 is 0 Å². The number of ether oxygens (including phenoxy) is 4. The third kappa shape index (κ3) is 4.38. The second-order valence-corrected chi connectivity index (χ2v) is 8.37. The number of hydrogen-bond donors (Lipinski definition) is 0. The van der Waals surface area contributed by atoms with Gasteiger partial charge in [-0.2, -0.15) is 9.78 Å². The molecule has 0 bridgehead atoms. The van der Waals surface area contributed by atoms with Crippen LogP contribution in [0.1, 0.15) is 41.5 Å². The molecule has 0 N–H and O–H groups in total. The number of carbonyl (C=O) groups is 1. The topological polar surface area (TPSA) is 101 Å². The SMILES string of the molecule is COc1cc(C=Nn2c(C(C)C)nc3ccccc3c2=O)ccc1OC(=O)c1ccc2c(c1)OCO2. The zero-order valence-electron chi connectivity index (χ0n) is 19.9. The Kier molecular flexibility index (Phi) is 6.12. The van der Waals surface area contributed by atoms with E-state index in [-0.39, 0.29) is 24.0 Å². The van der Waals surface area contributed by atoms with Crippen molar-refractivity contribution in [1.82, 2.24) is 9.66 Å². The Balaban J connectivity index is 1.42. The highest BCUT2D eigenvalue weighted by molar-refractivity contribution is 5.92. The minimum atomic E-state index is -0.566. The molecule has 36 heavy (non-hydrogen) atoms. The molecule has 0 unspecified atom stereocenters. The first-order valence-corrected chi connectivity index (χ1v) is 11.3. The molecule has 0 fully saturated rings. The van der Waals surface area contributed by atoms with Crippen molar-refractivity contribution in [2.75, 3.05) is 13.9 Å². The van der Waals surface area contributed by atoms with Gasteiger partial charge in [0.1, 0.15) is 5.82 Å². The highest BCUT2D eigenvalue weighted by atomic mass is 16.7. The molecule has 0 saturated carbocycles. The van der Waals surface area contributed by atoms with E-state index < -0.39 is 5.97 Å². The molecular formula is C27H23N3O6. The molecule has 0 saturated heterocycles. The van der Waals surface area contributed by atoms with Crippen molar-refractivity contribution in [1.29, 1.82) is 0 Å². The van der Waals surface area contributed by atoms with Crippen molar-refractivity contribution < 1.29 is 23.7 Å². The van der Waals surface area contributed by atoms with E-state index in [9.17, 15) is 9.59 Å². The number of methoxy groups -OCH3 is 1. The fraction of sp³-hybridized carbons (Fsp3) is 0.185. The lowest BCUT2D eigenvalue weighted by atomic mass is 10.2. The zero-order valence-corrected chi connectivity index (χ0v) is 19.9. The van der Waals surface area contributed by atoms with Crippen molar-refractivity contribution in [2.45, 2.75) is 19.8 Å². The van der Waals surface area contributed by atoms with Gasteiger partial charge in [-0.15, -0.1) is 0 Å². The molecule has 1 aromatic heterocycles. The van der Waals surface area contributed by atoms with Gasteiger partial charge in [0.15, 0.2) is 23.0 Å². The molecule has 5 rings (SSSR count). The summed E-state index contributed by atoms with van der Waals surface area (Å²) in [5.41, 5.74) is 1.34. The van der Waals surface area contributed by atoms with Gasteiger partial charge in [0.05, 0.1) is 29.8 Å². The van der Waals surface area contributed by atoms with Crippen LogP contribution in [-0.4, -0.2) is 35.7 Å². The van der Waals surface area contributed by atoms with E-state index in [4.69, 9.17) is 18.9 Å². The second-order valence-electron chi connectivity index (χ2n) is 8.37. The van der Waals surface area contributed by atoms with E-state index in [0.29, 0.717) is 45.1 Å². The van der Waals surface area contributed by atoms with Gasteiger partial charge < -0.3 is 18.9 Å². The van der Waals surface area contributed by atoms with Crippen LogP contribution in [-0.2, 0) is 0 Å². The Hall–Kier alpha value is -4.66. The first-order chi connectivity index (χ1) is 17.4. The van der Waals surface area contributed by atoms with Crippen LogP contribution in [0.5, 0.6) is 23.0 Å². The van der Waals surface area contributed by atoms with Gasteiger partial charge in [-0.05, 0) is 54.1 Å². The van der Waals surface area contributed by atoms with Crippen LogP contribution in [0.4, 0.5) is 0 Å². The van der Waals surface area contributed by atoms with Crippen LogP contribution < -0.4 is 24.5 Å². The molecule has 4 aromatic rings. The lowest BCUT2D eigenvalue weighted by Gasteiger charge is -2.12. The summed E-state index contributed by atoms with van der Waals surface area (Å²) in [6.45, 7) is 4.02. The minimum absolute atomic E-state index is 0.0213. The van der Waals surface area contributed by atoms with Crippen LogP contribution in [0.3, 0.4) is 0 Å². The molecule has 0 spiro atoms. The predicted octanol–water partition coefficient (Wildman–Crippen LogP) is 4.36. The number of fused-ring (bicyclic) bond motifs is 2. The second kappa shape index (κ2) is 9.53. The molecule has 1 aliphatic rings. The first-order valence-electron chi connectivity index (χ1n) is 11.3. The van der Waals surface area contributed by atoms with Gasteiger partial charge in [0.2, 0.25) is 6.79 Å². The molecule has 182 valence electrons. The lowest BCUT2D eigenvalue weighted by Crippen LogP contribution is -2.23. The Morgan fingerprint density at radius 1 is 1.06 bits per heavy atom. The van der Waals surface area contributed by atoms with Crippen molar-refractivity contribution in [3.63, 3.8) is 0 Å². The Morgan fingerprint density at radius 2 is 1.86 bits per heavy atom. The zero-order chi connectivity index (χ0) is 25.2. The average molecular weight is 485 g/mol. The van der Waals surface area contributed by atoms with E-state index in [1.165, 1.54) is 18.0 Å². The van der Waals surface area contributed by atoms with Crippen LogP contribution in [0.25, 0.3) is 10.9 Å². The molecule has 9 nitrogen and oxygen atoms in total. The van der Waals surface area contributed by atoms with Crippen LogP contribution in [0.15, 0.2) is 70.6 Å². The average Bonchev–Trinajstić information content (AvgIpc) is 3.36. The predicted molar refractivity (Wildman–Crippen MR) is 134 cm³/mol. The van der Waals surface area contributed by atoms with Crippen LogP contribution in [0, 0.1) is 0 Å². The smallest absolute Gasteiger partial charge is 0.343 e. The highest BCUT2D eigenvalue weighted by Gasteiger charge is 2.19. The summed E-state index contributed by atoms with van der Waals surface area (Å²) in [4.78, 5) is 30.4. The molecular weight excluding hydrogens is 462 g/mol. The molecule has 0 amide bonds. The third-order valence-electron chi connectivity index (χ3n) is 5.62. The summed E-state index contributed by atoms with van der Waals surface area (Å²) in [5, 5.41) is 4.91. The molecule has 1 aliphatic heterocycles. The van der Waals surface area contributed by atoms with Crippen molar-refractivity contribution in [2.24, 2.45) is 5.10 Å². The van der Waals surface area contributed by atoms with Gasteiger partial charge in [0.25, 0.3) is 5.56 Å². The molecule has 2 heterocycles. The largest absolute Gasteiger partial charge is 0.493 e. The number of hydrogen-bond acceptors (Lipinski definition) is 8. The fourth-order valence-corrected chi connectivity index (χ4v) is 3.78. The summed E-state index contributed by atoms with van der Waals surface area (Å²) in [6.07, 6.45) is 1.54. The van der Waals surface area contributed by atoms with E-state index in [2.05, 4.69) is 10.1 Å². The Labute approximate surface area is 206 Å². The van der Waals surface area contributed by atoms with Crippen molar-refractivity contribution in [3.05, 3.63) is 88.0 Å². The fourth-order valence-electron chi connectivity index (χ4n) is 3.78. The summed E-state index contributed by atoms with van der Waals surface area (Å²) in [6, 6.07) is 17.0. The van der Waals surface area contributed by atoms with E-state index >= 15 is 0 Å². The Bertz CT molecular complexity index is 1560. The lowest BCUT2D eigenvalue weighted by molar-refractivity contribution is 0.0729. The maximum Gasteiger partial charge on any atom is 0.343 e. The van der Waals surface area contributed by atoms with E-state index in [1.54, 1.807) is 48.5 Å². The number of aromatic nitrogens is 2. The van der Waals surface area contributed by atoms with Gasteiger partial charge in [-0.3, -0.25) is 4.79 Å². The quantitative estimate of drug-likeness (QED) is 0.227. The summed E-state index contributed by atoms with van der Waals surface area (Å²) >= 11 is 0. The molecule has 0 radical (unpaired) electrons. The number of carbonyl (C=O) groups excluding carboxylic acids is 1. The minimum Gasteiger partial charge on any atom is -0.493 e. The number of rotatable bonds is 6. The molecule has 0 aliphatic carbocycles. The molecule has 3 aromatic carbocycles. The summed E-state index contributed by atoms with van der Waals surface area (Å²) < 4.78 is 22.9. The summed E-state index contributed by atoms with van der Waals surface area (Å²) in [7, 11) is 1.47. The van der Waals surface area contributed by atoms with Crippen molar-refractivity contribution >= 4 is 23.1 Å². The normalized spacial score (nSPS) is 12.4. The number of esters is 1. The molecule has 9 heteroatoms. The van der Waals surface area contributed by atoms with Gasteiger partial charge in [-0.1, -0.05) is 26.0 Å². The maximum absolute atomic E-state index is 13.1. The summed E-state index contributed by atoms with van der Waals surface area (Å²) in [5.74, 6) is 1.61. The monoisotopic (exact) mass is 485 g/mol. The Morgan fingerprint density at radius 3 is 2.67 bits per heavy atom. The number of nitrogens with zero attached hydrogens (tertiary/aromatic N) is 3. The van der Waals surface area contributed by atoms with Crippen molar-refractivity contribution in [3.8, 4) is 23.0 Å².